The molecular formula is C20H14F2N3O. The number of fused-ring (bicyclic) bond motifs is 1. The summed E-state index contributed by atoms with van der Waals surface area (Å²) in [5.74, 6) is -1.83. The van der Waals surface area contributed by atoms with Crippen LogP contribution in [0.5, 0.6) is 0 Å². The Morgan fingerprint density at radius 1 is 1.12 bits per heavy atom. The molecule has 129 valence electrons. The van der Waals surface area contributed by atoms with Crippen LogP contribution in [0.1, 0.15) is 22.4 Å². The highest BCUT2D eigenvalue weighted by Gasteiger charge is 2.37. The van der Waals surface area contributed by atoms with Gasteiger partial charge in [-0.1, -0.05) is 48.6 Å². The Labute approximate surface area is 148 Å². The van der Waals surface area contributed by atoms with Crippen LogP contribution in [0, 0.1) is 17.8 Å². The fourth-order valence-electron chi connectivity index (χ4n) is 3.45. The molecule has 3 aromatic rings. The minimum absolute atomic E-state index is 0.313. The third-order valence-electron chi connectivity index (χ3n) is 4.75. The number of amides is 1. The number of hydrogen-bond acceptors (Lipinski definition) is 2. The molecule has 1 aliphatic rings. The number of nitrogens with two attached hydrogens (primary N) is 1. The Bertz CT molecular complexity index is 1030. The number of carbonyl (C=O) groups excluding carboxylic acids is 1. The van der Waals surface area contributed by atoms with Gasteiger partial charge in [0.25, 0.3) is 0 Å². The minimum Gasteiger partial charge on any atom is -0.350 e. The van der Waals surface area contributed by atoms with Crippen LogP contribution in [0.2, 0.25) is 0 Å². The quantitative estimate of drug-likeness (QED) is 0.770. The SMILES string of the molecule is NC(=O)n1n[c]c2c1CC(c1ccccc1)(c1ccc(F)c(F)c1)C=C2. The lowest BCUT2D eigenvalue weighted by molar-refractivity contribution is 0.246. The molecule has 26 heavy (non-hydrogen) atoms. The van der Waals surface area contributed by atoms with Crippen molar-refractivity contribution in [2.45, 2.75) is 11.8 Å². The second-order valence-electron chi connectivity index (χ2n) is 6.20. The number of hydrogen-bond donors (Lipinski definition) is 1. The van der Waals surface area contributed by atoms with E-state index in [2.05, 4.69) is 11.3 Å². The van der Waals surface area contributed by atoms with Crippen LogP contribution in [-0.4, -0.2) is 15.8 Å². The average Bonchev–Trinajstić information content (AvgIpc) is 3.07. The summed E-state index contributed by atoms with van der Waals surface area (Å²) in [7, 11) is 0. The van der Waals surface area contributed by atoms with Gasteiger partial charge in [-0.25, -0.2) is 13.6 Å². The highest BCUT2D eigenvalue weighted by atomic mass is 19.2. The molecule has 1 aliphatic carbocycles. The fourth-order valence-corrected chi connectivity index (χ4v) is 3.45. The first kappa shape index (κ1) is 16.2. The predicted octanol–water partition coefficient (Wildman–Crippen LogP) is 3.44. The van der Waals surface area contributed by atoms with E-state index >= 15 is 0 Å². The van der Waals surface area contributed by atoms with Crippen molar-refractivity contribution >= 4 is 12.1 Å². The van der Waals surface area contributed by atoms with Gasteiger partial charge in [-0.05, 0) is 23.3 Å². The van der Waals surface area contributed by atoms with Crippen LogP contribution in [0.3, 0.4) is 0 Å². The van der Waals surface area contributed by atoms with Crippen LogP contribution in [0.15, 0.2) is 54.6 Å². The van der Waals surface area contributed by atoms with Crippen LogP contribution in [0.25, 0.3) is 6.08 Å². The highest BCUT2D eigenvalue weighted by Crippen LogP contribution is 2.41. The van der Waals surface area contributed by atoms with Crippen molar-refractivity contribution in [3.05, 3.63) is 94.8 Å². The predicted molar refractivity (Wildman–Crippen MR) is 92.4 cm³/mol. The summed E-state index contributed by atoms with van der Waals surface area (Å²) in [6.07, 6.45) is 6.75. The summed E-state index contributed by atoms with van der Waals surface area (Å²) in [6, 6.07) is 12.6. The van der Waals surface area contributed by atoms with E-state index in [4.69, 9.17) is 5.73 Å². The first-order chi connectivity index (χ1) is 12.5. The van der Waals surface area contributed by atoms with Gasteiger partial charge in [0, 0.05) is 17.4 Å². The van der Waals surface area contributed by atoms with E-state index in [1.165, 1.54) is 6.07 Å². The Morgan fingerprint density at radius 3 is 2.58 bits per heavy atom. The maximum atomic E-state index is 14.0. The number of carbonyl (C=O) groups is 1. The number of primary amides is 1. The summed E-state index contributed by atoms with van der Waals surface area (Å²) in [5, 5.41) is 3.91. The van der Waals surface area contributed by atoms with Crippen LogP contribution < -0.4 is 5.73 Å². The third-order valence-corrected chi connectivity index (χ3v) is 4.75. The number of rotatable bonds is 2. The monoisotopic (exact) mass is 350 g/mol. The normalized spacial score (nSPS) is 18.5. The molecule has 6 heteroatoms. The van der Waals surface area contributed by atoms with Gasteiger partial charge in [-0.2, -0.15) is 9.78 Å². The van der Waals surface area contributed by atoms with Gasteiger partial charge in [0.2, 0.25) is 0 Å². The Kier molecular flexibility index (Phi) is 3.68. The number of allylic oxidation sites excluding steroid dienone is 1. The molecule has 1 amide bonds. The Balaban J connectivity index is 1.95. The molecule has 1 unspecified atom stereocenters. The van der Waals surface area contributed by atoms with Crippen molar-refractivity contribution in [2.75, 3.05) is 0 Å². The first-order valence-corrected chi connectivity index (χ1v) is 8.01. The van der Waals surface area contributed by atoms with E-state index in [-0.39, 0.29) is 0 Å². The van der Waals surface area contributed by atoms with E-state index in [0.717, 1.165) is 16.3 Å². The van der Waals surface area contributed by atoms with Gasteiger partial charge in [-0.15, -0.1) is 0 Å². The molecule has 0 spiro atoms. The lowest BCUT2D eigenvalue weighted by Gasteiger charge is -2.34. The molecule has 1 aromatic heterocycles. The summed E-state index contributed by atoms with van der Waals surface area (Å²) in [4.78, 5) is 11.7. The first-order valence-electron chi connectivity index (χ1n) is 8.01. The van der Waals surface area contributed by atoms with Gasteiger partial charge in [-0.3, -0.25) is 0 Å². The van der Waals surface area contributed by atoms with E-state index in [1.54, 1.807) is 12.1 Å². The molecule has 0 saturated heterocycles. The Morgan fingerprint density at radius 2 is 1.88 bits per heavy atom. The smallest absolute Gasteiger partial charge is 0.339 e. The Hall–Kier alpha value is -3.28. The molecule has 2 aromatic carbocycles. The summed E-state index contributed by atoms with van der Waals surface area (Å²) >= 11 is 0. The van der Waals surface area contributed by atoms with Crippen LogP contribution >= 0.6 is 0 Å². The number of nitrogens with zero attached hydrogens (tertiary/aromatic N) is 2. The largest absolute Gasteiger partial charge is 0.350 e. The molecule has 1 atom stereocenters. The molecule has 4 nitrogen and oxygen atoms in total. The second-order valence-corrected chi connectivity index (χ2v) is 6.20. The zero-order valence-corrected chi connectivity index (χ0v) is 13.6. The maximum absolute atomic E-state index is 14.0. The summed E-state index contributed by atoms with van der Waals surface area (Å²) in [5.41, 5.74) is 7.29. The molecule has 0 saturated carbocycles. The summed E-state index contributed by atoms with van der Waals surface area (Å²) in [6.45, 7) is 0. The molecule has 0 aliphatic heterocycles. The molecule has 1 heterocycles. The fraction of sp³-hybridized carbons (Fsp3) is 0.100. The molecule has 1 radical (unpaired) electrons. The van der Waals surface area contributed by atoms with Crippen molar-refractivity contribution in [3.63, 3.8) is 0 Å². The van der Waals surface area contributed by atoms with Gasteiger partial charge in [0.1, 0.15) is 6.20 Å². The van der Waals surface area contributed by atoms with E-state index < -0.39 is 23.1 Å². The van der Waals surface area contributed by atoms with Crippen molar-refractivity contribution in [1.29, 1.82) is 0 Å². The van der Waals surface area contributed by atoms with Gasteiger partial charge in [0.05, 0.1) is 5.69 Å². The van der Waals surface area contributed by atoms with Crippen LogP contribution in [-0.2, 0) is 11.8 Å². The molecule has 0 bridgehead atoms. The lowest BCUT2D eigenvalue weighted by atomic mass is 9.68. The zero-order valence-electron chi connectivity index (χ0n) is 13.6. The van der Waals surface area contributed by atoms with Gasteiger partial charge in [0.15, 0.2) is 11.6 Å². The topological polar surface area (TPSA) is 60.9 Å². The van der Waals surface area contributed by atoms with Gasteiger partial charge >= 0.3 is 6.03 Å². The average molecular weight is 350 g/mol. The minimum atomic E-state index is -0.924. The third kappa shape index (κ3) is 2.42. The number of halogens is 2. The molecule has 0 fully saturated rings. The van der Waals surface area contributed by atoms with Crippen LogP contribution in [0.4, 0.5) is 13.6 Å². The number of aromatic nitrogens is 2. The van der Waals surface area contributed by atoms with Crippen molar-refractivity contribution in [1.82, 2.24) is 9.78 Å². The highest BCUT2D eigenvalue weighted by molar-refractivity contribution is 5.76. The van der Waals surface area contributed by atoms with E-state index in [9.17, 15) is 13.6 Å². The zero-order chi connectivity index (χ0) is 18.3. The number of benzene rings is 2. The van der Waals surface area contributed by atoms with Crippen molar-refractivity contribution in [2.24, 2.45) is 5.73 Å². The molecule has 2 N–H and O–H groups in total. The van der Waals surface area contributed by atoms with Gasteiger partial charge < -0.3 is 5.73 Å². The van der Waals surface area contributed by atoms with E-state index in [1.807, 2.05) is 36.4 Å². The summed E-state index contributed by atoms with van der Waals surface area (Å²) < 4.78 is 28.5. The lowest BCUT2D eigenvalue weighted by Crippen LogP contribution is -2.33. The molecular weight excluding hydrogens is 336 g/mol. The second kappa shape index (κ2) is 5.91. The standard InChI is InChI=1S/C20H14F2N3O/c21-16-7-6-15(10-17(16)22)20(14-4-2-1-3-5-14)9-8-13-12-24-25(19(23)26)18(13)11-20/h1-10H,11H2,(H2,23,26). The van der Waals surface area contributed by atoms with E-state index in [0.29, 0.717) is 23.2 Å². The molecule has 4 rings (SSSR count). The van der Waals surface area contributed by atoms with Crippen molar-refractivity contribution < 1.29 is 13.6 Å². The van der Waals surface area contributed by atoms with Crippen molar-refractivity contribution in [3.8, 4) is 0 Å². The maximum Gasteiger partial charge on any atom is 0.339 e.